The highest BCUT2D eigenvalue weighted by atomic mass is 32.2. The van der Waals surface area contributed by atoms with Crippen LogP contribution in [-0.2, 0) is 10.8 Å². The maximum absolute atomic E-state index is 11.3. The molecule has 1 amide bonds. The minimum atomic E-state index is -1.25. The van der Waals surface area contributed by atoms with Crippen molar-refractivity contribution in [3.05, 3.63) is 23.8 Å². The molecule has 4 nitrogen and oxygen atoms in total. The topological polar surface area (TPSA) is 69.4 Å². The van der Waals surface area contributed by atoms with E-state index in [1.54, 1.807) is 12.1 Å². The van der Waals surface area contributed by atoms with E-state index in [4.69, 9.17) is 10.5 Å². The van der Waals surface area contributed by atoms with Crippen LogP contribution in [0.15, 0.2) is 23.1 Å². The lowest BCUT2D eigenvalue weighted by Crippen LogP contribution is -2.14. The normalized spacial score (nSPS) is 12.1. The molecule has 0 fully saturated rings. The average Bonchev–Trinajstić information content (AvgIpc) is 2.16. The van der Waals surface area contributed by atoms with E-state index < -0.39 is 16.7 Å². The van der Waals surface area contributed by atoms with Crippen LogP contribution in [-0.4, -0.2) is 23.5 Å². The fourth-order valence-electron chi connectivity index (χ4n) is 1.07. The minimum Gasteiger partial charge on any atom is -0.497 e. The lowest BCUT2D eigenvalue weighted by molar-refractivity contribution is 0.0997. The Balaban J connectivity index is 3.31. The number of hydrogen-bond donors (Lipinski definition) is 1. The number of rotatable bonds is 3. The van der Waals surface area contributed by atoms with Crippen LogP contribution < -0.4 is 10.5 Å². The van der Waals surface area contributed by atoms with E-state index in [1.807, 2.05) is 0 Å². The summed E-state index contributed by atoms with van der Waals surface area (Å²) in [4.78, 5) is 11.4. The molecule has 1 unspecified atom stereocenters. The molecule has 0 saturated carbocycles. The van der Waals surface area contributed by atoms with E-state index in [9.17, 15) is 9.00 Å². The number of carbonyl (C=O) groups excluding carboxylic acids is 1. The van der Waals surface area contributed by atoms with E-state index in [0.29, 0.717) is 10.6 Å². The smallest absolute Gasteiger partial charge is 0.249 e. The molecule has 1 aromatic rings. The first-order valence-corrected chi connectivity index (χ1v) is 5.43. The number of nitrogens with two attached hydrogens (primary N) is 1. The summed E-state index contributed by atoms with van der Waals surface area (Å²) in [7, 11) is 0.248. The van der Waals surface area contributed by atoms with Crippen molar-refractivity contribution < 1.29 is 13.7 Å². The summed E-state index contributed by atoms with van der Waals surface area (Å²) in [6.07, 6.45) is 1.49. The zero-order valence-electron chi connectivity index (χ0n) is 7.94. The van der Waals surface area contributed by atoms with Crippen molar-refractivity contribution in [3.8, 4) is 5.75 Å². The molecule has 76 valence electrons. The summed E-state index contributed by atoms with van der Waals surface area (Å²) in [5, 5.41) is 0. The molecule has 5 heteroatoms. The van der Waals surface area contributed by atoms with Crippen LogP contribution in [0.2, 0.25) is 0 Å². The monoisotopic (exact) mass is 213 g/mol. The molecule has 2 N–H and O–H groups in total. The number of ether oxygens (including phenoxy) is 1. The third kappa shape index (κ3) is 2.11. The second-order valence-corrected chi connectivity index (χ2v) is 4.03. The molecule has 0 saturated heterocycles. The Labute approximate surface area is 84.5 Å². The molecular formula is C9H11NO3S. The van der Waals surface area contributed by atoms with Gasteiger partial charge in [-0.25, -0.2) is 0 Å². The van der Waals surface area contributed by atoms with Crippen molar-refractivity contribution in [3.63, 3.8) is 0 Å². The third-order valence-electron chi connectivity index (χ3n) is 1.76. The van der Waals surface area contributed by atoms with E-state index in [0.717, 1.165) is 0 Å². The number of methoxy groups -OCH3 is 1. The predicted molar refractivity (Wildman–Crippen MR) is 53.8 cm³/mol. The molecule has 0 bridgehead atoms. The summed E-state index contributed by atoms with van der Waals surface area (Å²) >= 11 is 0. The first-order valence-electron chi connectivity index (χ1n) is 3.87. The number of benzene rings is 1. The van der Waals surface area contributed by atoms with Crippen molar-refractivity contribution in [1.29, 1.82) is 0 Å². The van der Waals surface area contributed by atoms with Crippen molar-refractivity contribution >= 4 is 16.7 Å². The second-order valence-electron chi connectivity index (χ2n) is 2.68. The Morgan fingerprint density at radius 3 is 2.57 bits per heavy atom. The number of hydrogen-bond acceptors (Lipinski definition) is 3. The van der Waals surface area contributed by atoms with Gasteiger partial charge in [0, 0.05) is 6.26 Å². The molecule has 14 heavy (non-hydrogen) atoms. The van der Waals surface area contributed by atoms with E-state index in [1.165, 1.54) is 19.4 Å². The van der Waals surface area contributed by atoms with Crippen LogP contribution in [0, 0.1) is 0 Å². The first-order chi connectivity index (χ1) is 6.56. The highest BCUT2D eigenvalue weighted by Crippen LogP contribution is 2.19. The molecular weight excluding hydrogens is 202 g/mol. The van der Waals surface area contributed by atoms with Crippen molar-refractivity contribution in [2.45, 2.75) is 4.90 Å². The lowest BCUT2D eigenvalue weighted by atomic mass is 10.2. The number of amides is 1. The summed E-state index contributed by atoms with van der Waals surface area (Å²) in [6.45, 7) is 0. The van der Waals surface area contributed by atoms with Gasteiger partial charge in [-0.05, 0) is 18.2 Å². The SMILES string of the molecule is COc1ccc(C(N)=O)c(S(C)=O)c1. The molecule has 1 atom stereocenters. The molecule has 0 radical (unpaired) electrons. The Hall–Kier alpha value is -1.36. The van der Waals surface area contributed by atoms with Gasteiger partial charge >= 0.3 is 0 Å². The highest BCUT2D eigenvalue weighted by molar-refractivity contribution is 7.84. The van der Waals surface area contributed by atoms with Gasteiger partial charge < -0.3 is 10.5 Å². The summed E-state index contributed by atoms with van der Waals surface area (Å²) in [5.74, 6) is -0.0296. The molecule has 0 aliphatic heterocycles. The van der Waals surface area contributed by atoms with Gasteiger partial charge in [-0.3, -0.25) is 9.00 Å². The van der Waals surface area contributed by atoms with Gasteiger partial charge in [0.05, 0.1) is 28.4 Å². The van der Waals surface area contributed by atoms with Crippen LogP contribution in [0.3, 0.4) is 0 Å². The highest BCUT2D eigenvalue weighted by Gasteiger charge is 2.11. The first kappa shape index (κ1) is 10.7. The average molecular weight is 213 g/mol. The molecule has 0 heterocycles. The summed E-state index contributed by atoms with van der Waals surface area (Å²) in [5.41, 5.74) is 5.40. The molecule has 0 aliphatic carbocycles. The Morgan fingerprint density at radius 2 is 2.14 bits per heavy atom. The van der Waals surface area contributed by atoms with Gasteiger partial charge in [0.25, 0.3) is 0 Å². The molecule has 0 aliphatic rings. The van der Waals surface area contributed by atoms with Gasteiger partial charge in [-0.2, -0.15) is 0 Å². The number of primary amides is 1. The maximum atomic E-state index is 11.3. The second kappa shape index (κ2) is 4.23. The molecule has 0 aromatic heterocycles. The van der Waals surface area contributed by atoms with Crippen molar-refractivity contribution in [1.82, 2.24) is 0 Å². The van der Waals surface area contributed by atoms with Gasteiger partial charge in [0.15, 0.2) is 0 Å². The number of carbonyl (C=O) groups is 1. The van der Waals surface area contributed by atoms with Gasteiger partial charge in [0.1, 0.15) is 5.75 Å². The van der Waals surface area contributed by atoms with Gasteiger partial charge in [-0.15, -0.1) is 0 Å². The van der Waals surface area contributed by atoms with Crippen LogP contribution >= 0.6 is 0 Å². The summed E-state index contributed by atoms with van der Waals surface area (Å²) in [6, 6.07) is 4.67. The van der Waals surface area contributed by atoms with E-state index >= 15 is 0 Å². The van der Waals surface area contributed by atoms with Gasteiger partial charge in [0.2, 0.25) is 5.91 Å². The lowest BCUT2D eigenvalue weighted by Gasteiger charge is -2.06. The standard InChI is InChI=1S/C9H11NO3S/c1-13-6-3-4-7(9(10)11)8(5-6)14(2)12/h3-5H,1-2H3,(H2,10,11). The fraction of sp³-hybridized carbons (Fsp3) is 0.222. The molecule has 0 spiro atoms. The third-order valence-corrected chi connectivity index (χ3v) is 2.72. The molecule has 1 aromatic carbocycles. The van der Waals surface area contributed by atoms with E-state index in [2.05, 4.69) is 0 Å². The van der Waals surface area contributed by atoms with Gasteiger partial charge in [-0.1, -0.05) is 0 Å². The minimum absolute atomic E-state index is 0.270. The summed E-state index contributed by atoms with van der Waals surface area (Å²) < 4.78 is 16.2. The quantitative estimate of drug-likeness (QED) is 0.796. The molecule has 1 rings (SSSR count). The zero-order valence-corrected chi connectivity index (χ0v) is 8.76. The van der Waals surface area contributed by atoms with Crippen molar-refractivity contribution in [2.75, 3.05) is 13.4 Å². The zero-order chi connectivity index (χ0) is 10.7. The van der Waals surface area contributed by atoms with Crippen LogP contribution in [0.25, 0.3) is 0 Å². The van der Waals surface area contributed by atoms with E-state index in [-0.39, 0.29) is 5.56 Å². The largest absolute Gasteiger partial charge is 0.497 e. The maximum Gasteiger partial charge on any atom is 0.249 e. The van der Waals surface area contributed by atoms with Crippen LogP contribution in [0.1, 0.15) is 10.4 Å². The Bertz CT molecular complexity index is 390. The van der Waals surface area contributed by atoms with Crippen LogP contribution in [0.5, 0.6) is 5.75 Å². The predicted octanol–water partition coefficient (Wildman–Crippen LogP) is 0.531. The van der Waals surface area contributed by atoms with Crippen molar-refractivity contribution in [2.24, 2.45) is 5.73 Å². The Kier molecular flexibility index (Phi) is 3.24. The Morgan fingerprint density at radius 1 is 1.50 bits per heavy atom. The van der Waals surface area contributed by atoms with Crippen LogP contribution in [0.4, 0.5) is 0 Å². The fourth-order valence-corrected chi connectivity index (χ4v) is 1.83.